The van der Waals surface area contributed by atoms with Crippen LogP contribution in [0.3, 0.4) is 0 Å². The van der Waals surface area contributed by atoms with Gasteiger partial charge < -0.3 is 0 Å². The first kappa shape index (κ1) is 9.45. The van der Waals surface area contributed by atoms with Gasteiger partial charge in [0.25, 0.3) is 0 Å². The highest BCUT2D eigenvalue weighted by Crippen LogP contribution is 2.27. The zero-order valence-electron chi connectivity index (χ0n) is 8.62. The van der Waals surface area contributed by atoms with Crippen LogP contribution < -0.4 is 0 Å². The van der Waals surface area contributed by atoms with Crippen molar-refractivity contribution in [3.8, 4) is 0 Å². The maximum atomic E-state index is 12.0. The zero-order valence-corrected chi connectivity index (χ0v) is 8.62. The molecule has 0 heterocycles. The Morgan fingerprint density at radius 3 is 2.93 bits per heavy atom. The average Bonchev–Trinajstić information content (AvgIpc) is 2.23. The lowest BCUT2D eigenvalue weighted by atomic mass is 9.81. The number of benzene rings is 1. The Morgan fingerprint density at radius 2 is 2.14 bits per heavy atom. The normalized spacial score (nSPS) is 20.6. The summed E-state index contributed by atoms with van der Waals surface area (Å²) in [7, 11) is 0. The highest BCUT2D eigenvalue weighted by Gasteiger charge is 2.25. The van der Waals surface area contributed by atoms with Gasteiger partial charge in [-0.2, -0.15) is 0 Å². The van der Waals surface area contributed by atoms with Crippen molar-refractivity contribution in [1.82, 2.24) is 0 Å². The predicted octanol–water partition coefficient (Wildman–Crippen LogP) is 3.23. The first-order valence-corrected chi connectivity index (χ1v) is 5.45. The van der Waals surface area contributed by atoms with Crippen LogP contribution in [0, 0.1) is 5.92 Å². The second-order valence-corrected chi connectivity index (χ2v) is 4.05. The first-order chi connectivity index (χ1) is 6.83. The summed E-state index contributed by atoms with van der Waals surface area (Å²) >= 11 is 0. The summed E-state index contributed by atoms with van der Waals surface area (Å²) < 4.78 is 0. The molecular weight excluding hydrogens is 172 g/mol. The number of fused-ring (bicyclic) bond motifs is 1. The van der Waals surface area contributed by atoms with Crippen molar-refractivity contribution in [2.24, 2.45) is 5.92 Å². The predicted molar refractivity (Wildman–Crippen MR) is 57.5 cm³/mol. The number of hydrogen-bond donors (Lipinski definition) is 0. The maximum Gasteiger partial charge on any atom is 0.166 e. The third kappa shape index (κ3) is 1.59. The van der Waals surface area contributed by atoms with E-state index in [1.807, 2.05) is 18.2 Å². The van der Waals surface area contributed by atoms with Gasteiger partial charge in [0.15, 0.2) is 5.78 Å². The van der Waals surface area contributed by atoms with Crippen LogP contribution in [0.15, 0.2) is 24.3 Å². The summed E-state index contributed by atoms with van der Waals surface area (Å²) in [4.78, 5) is 12.0. The van der Waals surface area contributed by atoms with Gasteiger partial charge in [-0.3, -0.25) is 4.79 Å². The zero-order chi connectivity index (χ0) is 9.97. The molecule has 0 aliphatic heterocycles. The minimum Gasteiger partial charge on any atom is -0.294 e. The van der Waals surface area contributed by atoms with Crippen LogP contribution in [0.25, 0.3) is 0 Å². The molecule has 1 unspecified atom stereocenters. The Bertz CT molecular complexity index is 341. The molecular formula is C13H16O. The van der Waals surface area contributed by atoms with Crippen molar-refractivity contribution in [3.63, 3.8) is 0 Å². The molecule has 0 amide bonds. The number of ketones is 1. The minimum atomic E-state index is 0.287. The molecule has 0 bridgehead atoms. The van der Waals surface area contributed by atoms with E-state index < -0.39 is 0 Å². The summed E-state index contributed by atoms with van der Waals surface area (Å²) in [5, 5.41) is 0. The van der Waals surface area contributed by atoms with Crippen LogP contribution in [0.2, 0.25) is 0 Å². The molecule has 1 nitrogen and oxygen atoms in total. The number of carbonyl (C=O) groups excluding carboxylic acids is 1. The Balaban J connectivity index is 2.27. The molecule has 0 radical (unpaired) electrons. The van der Waals surface area contributed by atoms with Crippen LogP contribution in [-0.4, -0.2) is 5.78 Å². The van der Waals surface area contributed by atoms with Crippen LogP contribution >= 0.6 is 0 Å². The Hall–Kier alpha value is -1.11. The number of aryl methyl sites for hydroxylation is 1. The van der Waals surface area contributed by atoms with Gasteiger partial charge in [0, 0.05) is 11.5 Å². The fourth-order valence-corrected chi connectivity index (χ4v) is 2.28. The van der Waals surface area contributed by atoms with Crippen molar-refractivity contribution < 1.29 is 4.79 Å². The molecule has 0 aromatic heterocycles. The lowest BCUT2D eigenvalue weighted by molar-refractivity contribution is 0.0894. The fraction of sp³-hybridized carbons (Fsp3) is 0.462. The monoisotopic (exact) mass is 188 g/mol. The molecule has 0 saturated carbocycles. The van der Waals surface area contributed by atoms with Gasteiger partial charge in [0.05, 0.1) is 0 Å². The van der Waals surface area contributed by atoms with Crippen molar-refractivity contribution in [2.75, 3.05) is 0 Å². The summed E-state index contributed by atoms with van der Waals surface area (Å²) in [6.07, 6.45) is 4.28. The lowest BCUT2D eigenvalue weighted by Gasteiger charge is -2.22. The van der Waals surface area contributed by atoms with Crippen LogP contribution in [0.4, 0.5) is 0 Å². The molecule has 2 rings (SSSR count). The smallest absolute Gasteiger partial charge is 0.166 e. The van der Waals surface area contributed by atoms with E-state index in [1.165, 1.54) is 5.56 Å². The maximum absolute atomic E-state index is 12.0. The Labute approximate surface area is 85.1 Å². The minimum absolute atomic E-state index is 0.287. The summed E-state index contributed by atoms with van der Waals surface area (Å²) in [6, 6.07) is 8.03. The average molecular weight is 188 g/mol. The van der Waals surface area contributed by atoms with E-state index in [0.29, 0.717) is 5.78 Å². The van der Waals surface area contributed by atoms with Crippen LogP contribution in [-0.2, 0) is 6.42 Å². The van der Waals surface area contributed by atoms with E-state index in [1.54, 1.807) is 0 Å². The van der Waals surface area contributed by atoms with Crippen molar-refractivity contribution in [3.05, 3.63) is 35.4 Å². The molecule has 1 aromatic carbocycles. The SMILES string of the molecule is CCCC1CCc2ccccc2C1=O. The molecule has 0 N–H and O–H groups in total. The first-order valence-electron chi connectivity index (χ1n) is 5.45. The molecule has 0 saturated heterocycles. The topological polar surface area (TPSA) is 17.1 Å². The molecule has 1 atom stereocenters. The van der Waals surface area contributed by atoms with Crippen molar-refractivity contribution >= 4 is 5.78 Å². The molecule has 1 aromatic rings. The van der Waals surface area contributed by atoms with Crippen LogP contribution in [0.5, 0.6) is 0 Å². The second kappa shape index (κ2) is 3.95. The summed E-state index contributed by atoms with van der Waals surface area (Å²) in [6.45, 7) is 2.15. The highest BCUT2D eigenvalue weighted by atomic mass is 16.1. The molecule has 0 fully saturated rings. The van der Waals surface area contributed by atoms with Gasteiger partial charge in [-0.1, -0.05) is 37.6 Å². The number of hydrogen-bond acceptors (Lipinski definition) is 1. The van der Waals surface area contributed by atoms with Gasteiger partial charge >= 0.3 is 0 Å². The highest BCUT2D eigenvalue weighted by molar-refractivity contribution is 6.00. The van der Waals surface area contributed by atoms with Gasteiger partial charge in [0.1, 0.15) is 0 Å². The van der Waals surface area contributed by atoms with Gasteiger partial charge in [-0.05, 0) is 24.8 Å². The van der Waals surface area contributed by atoms with E-state index >= 15 is 0 Å². The molecule has 1 aliphatic rings. The largest absolute Gasteiger partial charge is 0.294 e. The van der Waals surface area contributed by atoms with E-state index in [4.69, 9.17) is 0 Å². The third-order valence-electron chi connectivity index (χ3n) is 3.05. The van der Waals surface area contributed by atoms with Crippen molar-refractivity contribution in [2.45, 2.75) is 32.6 Å². The second-order valence-electron chi connectivity index (χ2n) is 4.05. The Morgan fingerprint density at radius 1 is 1.36 bits per heavy atom. The molecule has 74 valence electrons. The lowest BCUT2D eigenvalue weighted by Crippen LogP contribution is -2.22. The number of Topliss-reactive ketones (excluding diaryl/α,β-unsaturated/α-hetero) is 1. The summed E-state index contributed by atoms with van der Waals surface area (Å²) in [5.74, 6) is 0.656. The third-order valence-corrected chi connectivity index (χ3v) is 3.05. The fourth-order valence-electron chi connectivity index (χ4n) is 2.28. The molecule has 1 aliphatic carbocycles. The summed E-state index contributed by atoms with van der Waals surface area (Å²) in [5.41, 5.74) is 2.21. The van der Waals surface area contributed by atoms with E-state index in [9.17, 15) is 4.79 Å². The molecule has 0 spiro atoms. The van der Waals surface area contributed by atoms with Crippen molar-refractivity contribution in [1.29, 1.82) is 0 Å². The standard InChI is InChI=1S/C13H16O/c1-2-5-11-9-8-10-6-3-4-7-12(10)13(11)14/h3-4,6-7,11H,2,5,8-9H2,1H3. The van der Waals surface area contributed by atoms with E-state index in [-0.39, 0.29) is 5.92 Å². The number of carbonyl (C=O) groups is 1. The van der Waals surface area contributed by atoms with Gasteiger partial charge in [-0.25, -0.2) is 0 Å². The molecule has 1 heteroatoms. The Kier molecular flexibility index (Phi) is 2.67. The molecule has 14 heavy (non-hydrogen) atoms. The quantitative estimate of drug-likeness (QED) is 0.696. The van der Waals surface area contributed by atoms with E-state index in [2.05, 4.69) is 13.0 Å². The number of rotatable bonds is 2. The van der Waals surface area contributed by atoms with Gasteiger partial charge in [-0.15, -0.1) is 0 Å². The van der Waals surface area contributed by atoms with E-state index in [0.717, 1.165) is 31.2 Å². The van der Waals surface area contributed by atoms with Gasteiger partial charge in [0.2, 0.25) is 0 Å². The van der Waals surface area contributed by atoms with Crippen LogP contribution in [0.1, 0.15) is 42.1 Å².